The van der Waals surface area contributed by atoms with Crippen LogP contribution < -0.4 is 5.43 Å². The maximum Gasteiger partial charge on any atom is 0.223 e. The van der Waals surface area contributed by atoms with Gasteiger partial charge in [-0.1, -0.05) is 0 Å². The fourth-order valence-electron chi connectivity index (χ4n) is 1.14. The van der Waals surface area contributed by atoms with Crippen molar-refractivity contribution in [3.8, 4) is 0 Å². The molecule has 2 heterocycles. The SMILES string of the molecule is O=c1c(CO)c[nH]c2cnc(Cl)nc12. The van der Waals surface area contributed by atoms with Gasteiger partial charge in [-0.15, -0.1) is 0 Å². The highest BCUT2D eigenvalue weighted by Crippen LogP contribution is 2.07. The molecule has 0 aliphatic heterocycles. The molecule has 0 aromatic carbocycles. The number of aromatic amines is 1. The highest BCUT2D eigenvalue weighted by Gasteiger charge is 2.06. The first kappa shape index (κ1) is 9.11. The lowest BCUT2D eigenvalue weighted by atomic mass is 10.2. The maximum absolute atomic E-state index is 11.6. The first-order valence-corrected chi connectivity index (χ1v) is 4.24. The van der Waals surface area contributed by atoms with Gasteiger partial charge in [0.1, 0.15) is 5.52 Å². The summed E-state index contributed by atoms with van der Waals surface area (Å²) < 4.78 is 0. The second-order valence-electron chi connectivity index (χ2n) is 2.70. The molecule has 0 aliphatic rings. The van der Waals surface area contributed by atoms with Gasteiger partial charge in [0.15, 0.2) is 0 Å². The molecule has 2 rings (SSSR count). The Morgan fingerprint density at radius 1 is 1.57 bits per heavy atom. The summed E-state index contributed by atoms with van der Waals surface area (Å²) in [6.45, 7) is -0.326. The van der Waals surface area contributed by atoms with Gasteiger partial charge in [0, 0.05) is 11.8 Å². The van der Waals surface area contributed by atoms with Crippen molar-refractivity contribution in [1.29, 1.82) is 0 Å². The Balaban J connectivity index is 2.87. The number of aliphatic hydroxyl groups is 1. The number of aromatic nitrogens is 3. The molecule has 0 saturated carbocycles. The van der Waals surface area contributed by atoms with Crippen LogP contribution in [-0.2, 0) is 6.61 Å². The first-order valence-electron chi connectivity index (χ1n) is 3.86. The van der Waals surface area contributed by atoms with E-state index in [1.54, 1.807) is 0 Å². The summed E-state index contributed by atoms with van der Waals surface area (Å²) in [7, 11) is 0. The number of nitrogens with zero attached hydrogens (tertiary/aromatic N) is 2. The summed E-state index contributed by atoms with van der Waals surface area (Å²) in [5.74, 6) is 0. The van der Waals surface area contributed by atoms with Crippen LogP contribution in [0.2, 0.25) is 5.28 Å². The monoisotopic (exact) mass is 211 g/mol. The number of H-pyrrole nitrogens is 1. The van der Waals surface area contributed by atoms with Gasteiger partial charge in [-0.3, -0.25) is 4.79 Å². The Hall–Kier alpha value is -1.46. The topological polar surface area (TPSA) is 78.9 Å². The molecule has 14 heavy (non-hydrogen) atoms. The van der Waals surface area contributed by atoms with Crippen LogP contribution in [0, 0.1) is 0 Å². The number of nitrogens with one attached hydrogen (secondary N) is 1. The van der Waals surface area contributed by atoms with E-state index in [1.807, 2.05) is 0 Å². The van der Waals surface area contributed by atoms with Crippen LogP contribution in [0.3, 0.4) is 0 Å². The molecule has 72 valence electrons. The highest BCUT2D eigenvalue weighted by molar-refractivity contribution is 6.28. The van der Waals surface area contributed by atoms with Crippen LogP contribution >= 0.6 is 11.6 Å². The molecule has 6 heteroatoms. The molecule has 0 aliphatic carbocycles. The number of rotatable bonds is 1. The quantitative estimate of drug-likeness (QED) is 0.672. The van der Waals surface area contributed by atoms with Crippen molar-refractivity contribution >= 4 is 22.6 Å². The lowest BCUT2D eigenvalue weighted by Crippen LogP contribution is -2.11. The molecule has 0 fully saturated rings. The van der Waals surface area contributed by atoms with Gasteiger partial charge < -0.3 is 10.1 Å². The van der Waals surface area contributed by atoms with Crippen LogP contribution in [-0.4, -0.2) is 20.1 Å². The van der Waals surface area contributed by atoms with E-state index in [0.29, 0.717) is 5.52 Å². The largest absolute Gasteiger partial charge is 0.391 e. The van der Waals surface area contributed by atoms with E-state index in [1.165, 1.54) is 12.4 Å². The Bertz CT molecular complexity index is 538. The van der Waals surface area contributed by atoms with Gasteiger partial charge in [-0.2, -0.15) is 0 Å². The number of fused-ring (bicyclic) bond motifs is 1. The molecule has 0 bridgehead atoms. The standard InChI is InChI=1S/C8H6ClN3O2/c9-8-11-2-5-6(12-8)7(14)4(3-13)1-10-5/h1-2,13H,3H2,(H,10,14). The van der Waals surface area contributed by atoms with Gasteiger partial charge in [0.05, 0.1) is 18.3 Å². The van der Waals surface area contributed by atoms with Crippen molar-refractivity contribution in [3.63, 3.8) is 0 Å². The number of hydrogen-bond donors (Lipinski definition) is 2. The van der Waals surface area contributed by atoms with E-state index >= 15 is 0 Å². The number of aliphatic hydroxyl groups excluding tert-OH is 1. The second kappa shape index (κ2) is 3.36. The van der Waals surface area contributed by atoms with Crippen LogP contribution in [0.15, 0.2) is 17.2 Å². The van der Waals surface area contributed by atoms with Crippen molar-refractivity contribution in [2.24, 2.45) is 0 Å². The molecule has 0 unspecified atom stereocenters. The third-order valence-electron chi connectivity index (χ3n) is 1.84. The molecule has 2 aromatic rings. The fourth-order valence-corrected chi connectivity index (χ4v) is 1.27. The Labute approximate surface area is 83.4 Å². The molecule has 0 atom stereocenters. The van der Waals surface area contributed by atoms with Crippen LogP contribution in [0.5, 0.6) is 0 Å². The summed E-state index contributed by atoms with van der Waals surface area (Å²) in [5.41, 5.74) is 0.617. The highest BCUT2D eigenvalue weighted by atomic mass is 35.5. The van der Waals surface area contributed by atoms with Gasteiger partial charge in [-0.25, -0.2) is 9.97 Å². The molecule has 0 saturated heterocycles. The van der Waals surface area contributed by atoms with E-state index in [4.69, 9.17) is 16.7 Å². The number of hydrogen-bond acceptors (Lipinski definition) is 4. The van der Waals surface area contributed by atoms with Crippen LogP contribution in [0.4, 0.5) is 0 Å². The zero-order chi connectivity index (χ0) is 10.1. The first-order chi connectivity index (χ1) is 6.72. The van der Waals surface area contributed by atoms with Crippen molar-refractivity contribution in [2.45, 2.75) is 6.61 Å². The molecule has 0 amide bonds. The average molecular weight is 212 g/mol. The van der Waals surface area contributed by atoms with Crippen LogP contribution in [0.25, 0.3) is 11.0 Å². The predicted molar refractivity (Wildman–Crippen MR) is 51.1 cm³/mol. The lowest BCUT2D eigenvalue weighted by Gasteiger charge is -1.99. The predicted octanol–water partition coefficient (Wildman–Crippen LogP) is 0.464. The lowest BCUT2D eigenvalue weighted by molar-refractivity contribution is 0.280. The van der Waals surface area contributed by atoms with Crippen molar-refractivity contribution in [1.82, 2.24) is 15.0 Å². The van der Waals surface area contributed by atoms with E-state index in [0.717, 1.165) is 0 Å². The van der Waals surface area contributed by atoms with E-state index in [9.17, 15) is 4.79 Å². The summed E-state index contributed by atoms with van der Waals surface area (Å²) in [6.07, 6.45) is 2.86. The van der Waals surface area contributed by atoms with Gasteiger partial charge in [0.2, 0.25) is 10.7 Å². The Morgan fingerprint density at radius 2 is 2.36 bits per heavy atom. The van der Waals surface area contributed by atoms with Crippen molar-refractivity contribution < 1.29 is 5.11 Å². The normalized spacial score (nSPS) is 10.7. The Morgan fingerprint density at radius 3 is 3.07 bits per heavy atom. The van der Waals surface area contributed by atoms with Gasteiger partial charge >= 0.3 is 0 Å². The van der Waals surface area contributed by atoms with E-state index < -0.39 is 0 Å². The smallest absolute Gasteiger partial charge is 0.223 e. The number of halogens is 1. The minimum absolute atomic E-state index is 0.0121. The minimum Gasteiger partial charge on any atom is -0.391 e. The molecule has 0 radical (unpaired) electrons. The third kappa shape index (κ3) is 1.36. The Kier molecular flexibility index (Phi) is 2.18. The maximum atomic E-state index is 11.6. The summed E-state index contributed by atoms with van der Waals surface area (Å²) in [5, 5.41) is 8.86. The average Bonchev–Trinajstić information content (AvgIpc) is 2.20. The van der Waals surface area contributed by atoms with Gasteiger partial charge in [-0.05, 0) is 11.6 Å². The molecule has 2 N–H and O–H groups in total. The van der Waals surface area contributed by atoms with Crippen LogP contribution in [0.1, 0.15) is 5.56 Å². The van der Waals surface area contributed by atoms with E-state index in [-0.39, 0.29) is 28.4 Å². The third-order valence-corrected chi connectivity index (χ3v) is 2.02. The molecule has 0 spiro atoms. The second-order valence-corrected chi connectivity index (χ2v) is 3.04. The van der Waals surface area contributed by atoms with E-state index in [2.05, 4.69) is 15.0 Å². The van der Waals surface area contributed by atoms with Gasteiger partial charge in [0.25, 0.3) is 0 Å². The summed E-state index contributed by atoms with van der Waals surface area (Å²) in [6, 6.07) is 0. The molecular formula is C8H6ClN3O2. The zero-order valence-corrected chi connectivity index (χ0v) is 7.75. The summed E-state index contributed by atoms with van der Waals surface area (Å²) >= 11 is 5.55. The molecular weight excluding hydrogens is 206 g/mol. The minimum atomic E-state index is -0.328. The fraction of sp³-hybridized carbons (Fsp3) is 0.125. The number of pyridine rings is 1. The van der Waals surface area contributed by atoms with Crippen molar-refractivity contribution in [2.75, 3.05) is 0 Å². The molecule has 2 aromatic heterocycles. The summed E-state index contributed by atoms with van der Waals surface area (Å²) in [4.78, 5) is 21.9. The van der Waals surface area contributed by atoms with Crippen molar-refractivity contribution in [3.05, 3.63) is 33.5 Å². The molecule has 5 nitrogen and oxygen atoms in total. The zero-order valence-electron chi connectivity index (χ0n) is 6.99.